The second-order valence-electron chi connectivity index (χ2n) is 3.24. The number of carbonyl (C=O) groups excluding carboxylic acids is 1. The van der Waals surface area contributed by atoms with Crippen LogP contribution in [0.4, 0.5) is 5.69 Å². The highest BCUT2D eigenvalue weighted by Gasteiger charge is 2.11. The van der Waals surface area contributed by atoms with E-state index in [-0.39, 0.29) is 5.97 Å². The molecule has 0 aliphatic rings. The Labute approximate surface area is 105 Å². The molecule has 0 aliphatic carbocycles. The first kappa shape index (κ1) is 11.4. The van der Waals surface area contributed by atoms with Gasteiger partial charge in [-0.25, -0.2) is 4.79 Å². The number of carbonyl (C=O) groups is 1. The van der Waals surface area contributed by atoms with E-state index in [1.54, 1.807) is 6.92 Å². The van der Waals surface area contributed by atoms with Crippen molar-refractivity contribution in [3.63, 3.8) is 0 Å². The second-order valence-corrected chi connectivity index (χ2v) is 5.18. The summed E-state index contributed by atoms with van der Waals surface area (Å²) in [6.45, 7) is 2.18. The summed E-state index contributed by atoms with van der Waals surface area (Å²) in [7, 11) is 0. The number of ether oxygens (including phenoxy) is 1. The summed E-state index contributed by atoms with van der Waals surface area (Å²) in [5.41, 5.74) is 6.44. The molecule has 2 rings (SSSR count). The molecule has 0 saturated heterocycles. The number of rotatable bonds is 2. The number of thiophene rings is 1. The quantitative estimate of drug-likeness (QED) is 0.683. The van der Waals surface area contributed by atoms with Crippen LogP contribution >= 0.6 is 27.3 Å². The van der Waals surface area contributed by atoms with Crippen LogP contribution in [0.15, 0.2) is 22.7 Å². The molecule has 3 nitrogen and oxygen atoms in total. The highest BCUT2D eigenvalue weighted by atomic mass is 79.9. The fourth-order valence-electron chi connectivity index (χ4n) is 1.38. The number of fused-ring (bicyclic) bond motifs is 1. The first-order valence-corrected chi connectivity index (χ1v) is 6.38. The van der Waals surface area contributed by atoms with Crippen LogP contribution in [0.3, 0.4) is 0 Å². The Bertz CT molecular complexity index is 511. The summed E-state index contributed by atoms with van der Waals surface area (Å²) in [5, 5.41) is 0.995. The third-order valence-electron chi connectivity index (χ3n) is 2.11. The number of esters is 1. The van der Waals surface area contributed by atoms with E-state index in [0.29, 0.717) is 17.2 Å². The molecule has 0 amide bonds. The van der Waals surface area contributed by atoms with Gasteiger partial charge in [-0.3, -0.25) is 0 Å². The lowest BCUT2D eigenvalue weighted by Gasteiger charge is -1.96. The predicted octanol–water partition coefficient (Wildman–Crippen LogP) is 3.42. The van der Waals surface area contributed by atoms with Crippen molar-refractivity contribution in [2.45, 2.75) is 6.92 Å². The Morgan fingerprint density at radius 2 is 2.25 bits per heavy atom. The van der Waals surface area contributed by atoms with E-state index >= 15 is 0 Å². The molecular weight excluding hydrogens is 290 g/mol. The van der Waals surface area contributed by atoms with E-state index in [1.165, 1.54) is 11.3 Å². The number of hydrogen-bond donors (Lipinski definition) is 1. The van der Waals surface area contributed by atoms with Gasteiger partial charge in [-0.1, -0.05) is 0 Å². The first-order valence-electron chi connectivity index (χ1n) is 4.77. The lowest BCUT2D eigenvalue weighted by molar-refractivity contribution is 0.0532. The van der Waals surface area contributed by atoms with E-state index in [1.807, 2.05) is 18.2 Å². The average Bonchev–Trinajstić information content (AvgIpc) is 2.62. The lowest BCUT2D eigenvalue weighted by atomic mass is 10.2. The highest BCUT2D eigenvalue weighted by Crippen LogP contribution is 2.32. The van der Waals surface area contributed by atoms with Crippen LogP contribution in [0.2, 0.25) is 0 Å². The van der Waals surface area contributed by atoms with Gasteiger partial charge < -0.3 is 10.5 Å². The van der Waals surface area contributed by atoms with Crippen molar-refractivity contribution in [1.82, 2.24) is 0 Å². The Kier molecular flexibility index (Phi) is 3.16. The van der Waals surface area contributed by atoms with Gasteiger partial charge in [-0.15, -0.1) is 11.3 Å². The second kappa shape index (κ2) is 4.43. The molecular formula is C11H10BrNO2S. The predicted molar refractivity (Wildman–Crippen MR) is 69.9 cm³/mol. The van der Waals surface area contributed by atoms with Gasteiger partial charge in [0.05, 0.1) is 6.61 Å². The van der Waals surface area contributed by atoms with Gasteiger partial charge in [-0.05, 0) is 46.4 Å². The van der Waals surface area contributed by atoms with Gasteiger partial charge in [0.25, 0.3) is 0 Å². The first-order chi connectivity index (χ1) is 7.61. The van der Waals surface area contributed by atoms with Gasteiger partial charge in [0.15, 0.2) is 0 Å². The van der Waals surface area contributed by atoms with Crippen molar-refractivity contribution in [1.29, 1.82) is 0 Å². The molecule has 2 aromatic rings. The molecule has 2 N–H and O–H groups in total. The van der Waals surface area contributed by atoms with Crippen LogP contribution in [-0.4, -0.2) is 12.6 Å². The van der Waals surface area contributed by atoms with Crippen molar-refractivity contribution >= 4 is 49.0 Å². The summed E-state index contributed by atoms with van der Waals surface area (Å²) < 4.78 is 6.78. The van der Waals surface area contributed by atoms with Gasteiger partial charge in [-0.2, -0.15) is 0 Å². The molecule has 1 heterocycles. The summed E-state index contributed by atoms with van der Waals surface area (Å²) in [6.07, 6.45) is 0. The molecule has 16 heavy (non-hydrogen) atoms. The SMILES string of the molecule is CCOC(=O)c1cc2cc(Br)c(N)cc2s1. The Hall–Kier alpha value is -1.07. The van der Waals surface area contributed by atoms with Crippen molar-refractivity contribution in [3.05, 3.63) is 27.5 Å². The monoisotopic (exact) mass is 299 g/mol. The maximum absolute atomic E-state index is 11.5. The molecule has 0 bridgehead atoms. The van der Waals surface area contributed by atoms with Crippen LogP contribution in [0, 0.1) is 0 Å². The number of nitrogen functional groups attached to an aromatic ring is 1. The number of anilines is 1. The molecule has 0 radical (unpaired) electrons. The molecule has 0 atom stereocenters. The molecule has 0 fully saturated rings. The van der Waals surface area contributed by atoms with Crippen molar-refractivity contribution in [2.24, 2.45) is 0 Å². The molecule has 0 saturated carbocycles. The summed E-state index contributed by atoms with van der Waals surface area (Å²) in [4.78, 5) is 12.1. The maximum atomic E-state index is 11.5. The largest absolute Gasteiger partial charge is 0.462 e. The zero-order valence-corrected chi connectivity index (χ0v) is 11.0. The number of hydrogen-bond acceptors (Lipinski definition) is 4. The van der Waals surface area contributed by atoms with Gasteiger partial charge in [0, 0.05) is 14.9 Å². The minimum atomic E-state index is -0.279. The number of benzene rings is 1. The maximum Gasteiger partial charge on any atom is 0.348 e. The topological polar surface area (TPSA) is 52.3 Å². The van der Waals surface area contributed by atoms with Crippen molar-refractivity contribution in [2.75, 3.05) is 12.3 Å². The Morgan fingerprint density at radius 3 is 2.94 bits per heavy atom. The van der Waals surface area contributed by atoms with Crippen LogP contribution in [-0.2, 0) is 4.74 Å². The summed E-state index contributed by atoms with van der Waals surface area (Å²) in [6, 6.07) is 5.58. The van der Waals surface area contributed by atoms with Crippen LogP contribution in [0.5, 0.6) is 0 Å². The summed E-state index contributed by atoms with van der Waals surface area (Å²) in [5.74, 6) is -0.279. The minimum absolute atomic E-state index is 0.279. The van der Waals surface area contributed by atoms with Crippen molar-refractivity contribution in [3.8, 4) is 0 Å². The third-order valence-corrected chi connectivity index (χ3v) is 3.88. The zero-order chi connectivity index (χ0) is 11.7. The van der Waals surface area contributed by atoms with Gasteiger partial charge >= 0.3 is 5.97 Å². The van der Waals surface area contributed by atoms with Crippen LogP contribution in [0.25, 0.3) is 10.1 Å². The fourth-order valence-corrected chi connectivity index (χ4v) is 2.73. The highest BCUT2D eigenvalue weighted by molar-refractivity contribution is 9.10. The van der Waals surface area contributed by atoms with E-state index < -0.39 is 0 Å². The Balaban J connectivity index is 2.48. The number of halogens is 1. The molecule has 5 heteroatoms. The lowest BCUT2D eigenvalue weighted by Crippen LogP contribution is -2.01. The van der Waals surface area contributed by atoms with Crippen LogP contribution < -0.4 is 5.73 Å². The molecule has 1 aromatic heterocycles. The molecule has 0 unspecified atom stereocenters. The zero-order valence-electron chi connectivity index (χ0n) is 8.62. The standard InChI is InChI=1S/C11H10BrNO2S/c1-2-15-11(14)10-4-6-3-7(12)8(13)5-9(6)16-10/h3-5H,2,13H2,1H3. The molecule has 0 aliphatic heterocycles. The van der Waals surface area contributed by atoms with Gasteiger partial charge in [0.1, 0.15) is 4.88 Å². The summed E-state index contributed by atoms with van der Waals surface area (Å²) >= 11 is 4.75. The van der Waals surface area contributed by atoms with E-state index in [4.69, 9.17) is 10.5 Å². The van der Waals surface area contributed by atoms with E-state index in [9.17, 15) is 4.79 Å². The number of nitrogens with two attached hydrogens (primary N) is 1. The normalized spacial score (nSPS) is 10.6. The minimum Gasteiger partial charge on any atom is -0.462 e. The molecule has 84 valence electrons. The third kappa shape index (κ3) is 2.05. The molecule has 1 aromatic carbocycles. The fraction of sp³-hybridized carbons (Fsp3) is 0.182. The smallest absolute Gasteiger partial charge is 0.348 e. The Morgan fingerprint density at radius 1 is 1.50 bits per heavy atom. The molecule has 0 spiro atoms. The van der Waals surface area contributed by atoms with Crippen LogP contribution in [0.1, 0.15) is 16.6 Å². The van der Waals surface area contributed by atoms with E-state index in [0.717, 1.165) is 14.6 Å². The van der Waals surface area contributed by atoms with E-state index in [2.05, 4.69) is 15.9 Å². The average molecular weight is 300 g/mol. The van der Waals surface area contributed by atoms with Crippen molar-refractivity contribution < 1.29 is 9.53 Å². The van der Waals surface area contributed by atoms with Gasteiger partial charge in [0.2, 0.25) is 0 Å².